The number of carbonyl (C=O) groups excluding carboxylic acids is 3. The molecule has 2 heterocycles. The molecule has 1 aliphatic carbocycles. The number of fused-ring (bicyclic) bond motifs is 4. The van der Waals surface area contributed by atoms with Crippen molar-refractivity contribution in [3.63, 3.8) is 0 Å². The van der Waals surface area contributed by atoms with Crippen molar-refractivity contribution < 1.29 is 42.5 Å². The van der Waals surface area contributed by atoms with Gasteiger partial charge in [-0.1, -0.05) is 149 Å². The normalized spacial score (nSPS) is 21.1. The van der Waals surface area contributed by atoms with Crippen LogP contribution in [0.2, 0.25) is 18.1 Å². The van der Waals surface area contributed by atoms with Crippen LogP contribution in [-0.4, -0.2) is 75.0 Å². The van der Waals surface area contributed by atoms with Crippen LogP contribution in [0.15, 0.2) is 133 Å². The zero-order valence-corrected chi connectivity index (χ0v) is 37.2. The van der Waals surface area contributed by atoms with Gasteiger partial charge in [0.1, 0.15) is 24.9 Å². The van der Waals surface area contributed by atoms with E-state index in [4.69, 9.17) is 28.1 Å². The van der Waals surface area contributed by atoms with Crippen LogP contribution in [-0.2, 0) is 41.3 Å². The second-order valence-corrected chi connectivity index (χ2v) is 22.2. The summed E-state index contributed by atoms with van der Waals surface area (Å²) >= 11 is 0. The van der Waals surface area contributed by atoms with Crippen LogP contribution in [0, 0.1) is 5.92 Å². The first kappa shape index (κ1) is 43.2. The summed E-state index contributed by atoms with van der Waals surface area (Å²) in [5.74, 6) is -1.01. The van der Waals surface area contributed by atoms with Gasteiger partial charge in [-0.2, -0.15) is 0 Å². The van der Waals surface area contributed by atoms with E-state index in [0.717, 1.165) is 33.4 Å². The monoisotopic (exact) mass is 853 g/mol. The maximum absolute atomic E-state index is 14.5. The van der Waals surface area contributed by atoms with Crippen LogP contribution in [0.3, 0.4) is 0 Å². The molecule has 2 amide bonds. The molecule has 8 rings (SSSR count). The van der Waals surface area contributed by atoms with Gasteiger partial charge in [0.25, 0.3) is 11.8 Å². The molecule has 5 atom stereocenters. The van der Waals surface area contributed by atoms with Gasteiger partial charge in [0.05, 0.1) is 30.9 Å². The van der Waals surface area contributed by atoms with Crippen molar-refractivity contribution in [1.29, 1.82) is 0 Å². The second-order valence-electron chi connectivity index (χ2n) is 17.7. The quantitative estimate of drug-likeness (QED) is 0.0578. The van der Waals surface area contributed by atoms with Gasteiger partial charge in [0.2, 0.25) is 0 Å². The Morgan fingerprint density at radius 2 is 1.18 bits per heavy atom. The molecule has 5 aromatic rings. The van der Waals surface area contributed by atoms with Gasteiger partial charge in [-0.05, 0) is 69.6 Å². The lowest BCUT2D eigenvalue weighted by molar-refractivity contribution is -0.272. The van der Waals surface area contributed by atoms with E-state index in [1.807, 2.05) is 84.9 Å². The summed E-state index contributed by atoms with van der Waals surface area (Å²) in [5.41, 5.74) is 6.61. The van der Waals surface area contributed by atoms with Crippen molar-refractivity contribution >= 4 is 26.3 Å². The number of ether oxygens (including phenoxy) is 5. The summed E-state index contributed by atoms with van der Waals surface area (Å²) in [5, 5.41) is -0.281. The topological polar surface area (TPSA) is 110 Å². The molecule has 0 bridgehead atoms. The Bertz CT molecular complexity index is 2300. The van der Waals surface area contributed by atoms with Gasteiger partial charge in [0.15, 0.2) is 20.7 Å². The Morgan fingerprint density at radius 3 is 1.73 bits per heavy atom. The molecule has 322 valence electrons. The van der Waals surface area contributed by atoms with Crippen LogP contribution >= 0.6 is 0 Å². The molecule has 0 N–H and O–H groups in total. The van der Waals surface area contributed by atoms with Gasteiger partial charge in [-0.15, -0.1) is 0 Å². The Morgan fingerprint density at radius 1 is 0.677 bits per heavy atom. The molecule has 1 fully saturated rings. The van der Waals surface area contributed by atoms with Crippen molar-refractivity contribution in [1.82, 2.24) is 4.90 Å². The van der Waals surface area contributed by atoms with Crippen LogP contribution in [0.25, 0.3) is 11.1 Å². The van der Waals surface area contributed by atoms with Crippen LogP contribution < -0.4 is 0 Å². The number of rotatable bonds is 15. The van der Waals surface area contributed by atoms with E-state index in [9.17, 15) is 14.4 Å². The molecule has 2 aliphatic heterocycles. The molecule has 0 radical (unpaired) electrons. The van der Waals surface area contributed by atoms with Gasteiger partial charge < -0.3 is 28.1 Å². The number of nitrogens with zero attached hydrogens (tertiary/aromatic N) is 1. The SMILES string of the molecule is CC(C)C(C)(C)[Si](C)(C)O[C@@H]1O[C@H](COCc2ccccc2)[C@@H](OC(=O)OCC2c3ccccc3-c3ccccc32)[C@H](OCc2ccccc2)[C@H]1N1C(=O)c2ccccc2C1=O. The highest BCUT2D eigenvalue weighted by Gasteiger charge is 2.58. The molecule has 1 saturated heterocycles. The molecule has 10 nitrogen and oxygen atoms in total. The number of imide groups is 1. The number of amides is 2. The third kappa shape index (κ3) is 8.52. The minimum Gasteiger partial charge on any atom is -0.433 e. The third-order valence-electron chi connectivity index (χ3n) is 13.4. The van der Waals surface area contributed by atoms with Gasteiger partial charge in [-0.25, -0.2) is 4.79 Å². The summed E-state index contributed by atoms with van der Waals surface area (Å²) in [6, 6.07) is 41.1. The van der Waals surface area contributed by atoms with Crippen molar-refractivity contribution in [3.8, 4) is 11.1 Å². The molecule has 11 heteroatoms. The van der Waals surface area contributed by atoms with Crippen LogP contribution in [0.1, 0.15) is 76.6 Å². The zero-order valence-electron chi connectivity index (χ0n) is 36.2. The van der Waals surface area contributed by atoms with Gasteiger partial charge in [-0.3, -0.25) is 14.5 Å². The fraction of sp³-hybridized carbons (Fsp3) is 0.353. The lowest BCUT2D eigenvalue weighted by atomic mass is 9.95. The van der Waals surface area contributed by atoms with Crippen molar-refractivity contribution in [3.05, 3.63) is 167 Å². The lowest BCUT2D eigenvalue weighted by Gasteiger charge is -2.51. The molecule has 0 unspecified atom stereocenters. The van der Waals surface area contributed by atoms with Crippen LogP contribution in [0.4, 0.5) is 4.79 Å². The molecular weight excluding hydrogens is 799 g/mol. The molecular formula is C51H55NO9Si. The van der Waals surface area contributed by atoms with Gasteiger partial charge in [0, 0.05) is 5.92 Å². The van der Waals surface area contributed by atoms with Crippen LogP contribution in [0.5, 0.6) is 0 Å². The summed E-state index contributed by atoms with van der Waals surface area (Å²) in [6.07, 6.45) is -5.46. The van der Waals surface area contributed by atoms with Gasteiger partial charge >= 0.3 is 6.16 Å². The predicted molar refractivity (Wildman–Crippen MR) is 238 cm³/mol. The van der Waals surface area contributed by atoms with E-state index in [2.05, 4.69) is 65.1 Å². The minimum absolute atomic E-state index is 0.0167. The largest absolute Gasteiger partial charge is 0.508 e. The summed E-state index contributed by atoms with van der Waals surface area (Å²) < 4.78 is 39.8. The summed E-state index contributed by atoms with van der Waals surface area (Å²) in [6.45, 7) is 13.2. The molecule has 3 aliphatic rings. The molecule has 0 spiro atoms. The Balaban J connectivity index is 1.17. The fourth-order valence-corrected chi connectivity index (χ4v) is 11.2. The van der Waals surface area contributed by atoms with Crippen molar-refractivity contribution in [2.45, 2.75) is 95.6 Å². The molecule has 5 aromatic carbocycles. The van der Waals surface area contributed by atoms with E-state index in [-0.39, 0.29) is 54.4 Å². The zero-order chi connectivity index (χ0) is 43.6. The first-order valence-electron chi connectivity index (χ1n) is 21.4. The standard InChI is InChI=1S/C51H55NO9Si/c1-33(2)51(3,4)62(5,6)61-49-44(52-47(53)40-27-17-18-28-41(40)48(52)54)46(57-30-35-21-11-8-12-22-35)45(43(59-49)32-56-29-34-19-9-7-10-20-34)60-50(55)58-31-42-38-25-15-13-23-36(38)37-24-14-16-26-39(37)42/h7-28,33,42-46,49H,29-32H2,1-6H3/t43-,44-,45-,46-,49+/m1/s1. The average Bonchev–Trinajstić information content (AvgIpc) is 3.73. The lowest BCUT2D eigenvalue weighted by Crippen LogP contribution is -2.69. The van der Waals surface area contributed by atoms with E-state index in [0.29, 0.717) is 0 Å². The second kappa shape index (κ2) is 18.1. The summed E-state index contributed by atoms with van der Waals surface area (Å²) in [7, 11) is -2.77. The highest BCUT2D eigenvalue weighted by Crippen LogP contribution is 2.48. The van der Waals surface area contributed by atoms with E-state index in [1.54, 1.807) is 24.3 Å². The molecule has 0 saturated carbocycles. The Hall–Kier alpha value is -5.43. The maximum atomic E-state index is 14.5. The molecule has 0 aromatic heterocycles. The van der Waals surface area contributed by atoms with Crippen molar-refractivity contribution in [2.24, 2.45) is 5.92 Å². The van der Waals surface area contributed by atoms with Crippen molar-refractivity contribution in [2.75, 3.05) is 13.2 Å². The summed E-state index contributed by atoms with van der Waals surface area (Å²) in [4.78, 5) is 44.5. The number of benzene rings is 5. The first-order valence-corrected chi connectivity index (χ1v) is 24.4. The fourth-order valence-electron chi connectivity index (χ4n) is 8.71. The van der Waals surface area contributed by atoms with E-state index >= 15 is 0 Å². The average molecular weight is 854 g/mol. The Labute approximate surface area is 365 Å². The Kier molecular flexibility index (Phi) is 12.6. The third-order valence-corrected chi connectivity index (χ3v) is 17.9. The number of hydrogen-bond acceptors (Lipinski definition) is 9. The highest BCUT2D eigenvalue weighted by atomic mass is 28.4. The molecule has 62 heavy (non-hydrogen) atoms. The smallest absolute Gasteiger partial charge is 0.433 e. The number of carbonyl (C=O) groups is 3. The van der Waals surface area contributed by atoms with E-state index < -0.39 is 56.9 Å². The number of hydrogen-bond donors (Lipinski definition) is 0. The highest BCUT2D eigenvalue weighted by molar-refractivity contribution is 6.74. The first-order chi connectivity index (χ1) is 29.9. The maximum Gasteiger partial charge on any atom is 0.508 e. The predicted octanol–water partition coefficient (Wildman–Crippen LogP) is 10.2. The minimum atomic E-state index is -2.77. The van der Waals surface area contributed by atoms with E-state index in [1.165, 1.54) is 4.90 Å².